The Labute approximate surface area is 72.8 Å². The van der Waals surface area contributed by atoms with Crippen LogP contribution < -0.4 is 5.56 Å². The van der Waals surface area contributed by atoms with E-state index in [1.165, 1.54) is 4.68 Å². The Morgan fingerprint density at radius 3 is 3.17 bits per heavy atom. The summed E-state index contributed by atoms with van der Waals surface area (Å²) in [7, 11) is 1.57. The van der Waals surface area contributed by atoms with E-state index < -0.39 is 0 Å². The fraction of sp³-hybridized carbons (Fsp3) is 0.143. The zero-order valence-corrected chi connectivity index (χ0v) is 7.09. The van der Waals surface area contributed by atoms with E-state index in [0.29, 0.717) is 11.0 Å². The van der Waals surface area contributed by atoms with E-state index in [1.54, 1.807) is 19.3 Å². The first-order valence-electron chi connectivity index (χ1n) is 3.40. The molecule has 0 aromatic carbocycles. The summed E-state index contributed by atoms with van der Waals surface area (Å²) < 4.78 is 1.22. The number of hydrogen-bond acceptors (Lipinski definition) is 2. The van der Waals surface area contributed by atoms with Gasteiger partial charge in [0.05, 0.1) is 5.52 Å². The lowest BCUT2D eigenvalue weighted by Crippen LogP contribution is -2.19. The lowest BCUT2D eigenvalue weighted by molar-refractivity contribution is 0.726. The Morgan fingerprint density at radius 1 is 1.67 bits per heavy atom. The Kier molecular flexibility index (Phi) is 1.44. The zero-order chi connectivity index (χ0) is 8.72. The maximum Gasteiger partial charge on any atom is 0.287 e. The molecule has 2 aromatic rings. The lowest BCUT2D eigenvalue weighted by Gasteiger charge is -1.97. The van der Waals surface area contributed by atoms with Crippen molar-refractivity contribution in [2.45, 2.75) is 0 Å². The SMILES string of the molecule is Cn1nc2cc[nH]c2c(Cl)c1=O. The first-order valence-corrected chi connectivity index (χ1v) is 3.78. The third kappa shape index (κ3) is 0.848. The van der Waals surface area contributed by atoms with Crippen LogP contribution in [0.1, 0.15) is 0 Å². The molecule has 0 saturated heterocycles. The molecule has 62 valence electrons. The number of hydrogen-bond donors (Lipinski definition) is 1. The Hall–Kier alpha value is -1.29. The van der Waals surface area contributed by atoms with Crippen molar-refractivity contribution in [2.75, 3.05) is 0 Å². The number of nitrogens with one attached hydrogen (secondary N) is 1. The van der Waals surface area contributed by atoms with Gasteiger partial charge in [-0.2, -0.15) is 5.10 Å². The van der Waals surface area contributed by atoms with E-state index in [0.717, 1.165) is 0 Å². The van der Waals surface area contributed by atoms with Crippen LogP contribution in [-0.2, 0) is 7.05 Å². The van der Waals surface area contributed by atoms with Gasteiger partial charge in [0.25, 0.3) is 5.56 Å². The average molecular weight is 184 g/mol. The number of aromatic nitrogens is 3. The van der Waals surface area contributed by atoms with Crippen molar-refractivity contribution < 1.29 is 0 Å². The molecule has 0 aliphatic carbocycles. The van der Waals surface area contributed by atoms with Gasteiger partial charge in [-0.1, -0.05) is 11.6 Å². The van der Waals surface area contributed by atoms with Gasteiger partial charge in [-0.05, 0) is 6.07 Å². The van der Waals surface area contributed by atoms with E-state index in [-0.39, 0.29) is 10.6 Å². The largest absolute Gasteiger partial charge is 0.358 e. The second-order valence-electron chi connectivity index (χ2n) is 2.48. The monoisotopic (exact) mass is 183 g/mol. The van der Waals surface area contributed by atoms with Crippen molar-refractivity contribution in [3.8, 4) is 0 Å². The number of fused-ring (bicyclic) bond motifs is 1. The topological polar surface area (TPSA) is 50.7 Å². The molecule has 0 unspecified atom stereocenters. The van der Waals surface area contributed by atoms with Gasteiger partial charge in [0.15, 0.2) is 0 Å². The van der Waals surface area contributed by atoms with Gasteiger partial charge < -0.3 is 4.98 Å². The zero-order valence-electron chi connectivity index (χ0n) is 6.34. The molecule has 0 radical (unpaired) electrons. The predicted molar refractivity (Wildman–Crippen MR) is 46.3 cm³/mol. The number of H-pyrrole nitrogens is 1. The van der Waals surface area contributed by atoms with Crippen molar-refractivity contribution in [3.63, 3.8) is 0 Å². The van der Waals surface area contributed by atoms with Crippen LogP contribution in [0.15, 0.2) is 17.1 Å². The van der Waals surface area contributed by atoms with E-state index in [9.17, 15) is 4.79 Å². The van der Waals surface area contributed by atoms with Crippen LogP contribution in [0.2, 0.25) is 5.02 Å². The fourth-order valence-electron chi connectivity index (χ4n) is 1.08. The second kappa shape index (κ2) is 2.35. The van der Waals surface area contributed by atoms with Crippen LogP contribution in [0.3, 0.4) is 0 Å². The molecule has 0 aliphatic rings. The molecule has 4 nitrogen and oxygen atoms in total. The quantitative estimate of drug-likeness (QED) is 0.660. The molecule has 0 spiro atoms. The highest BCUT2D eigenvalue weighted by atomic mass is 35.5. The molecule has 0 atom stereocenters. The second-order valence-corrected chi connectivity index (χ2v) is 2.86. The third-order valence-electron chi connectivity index (χ3n) is 1.68. The average Bonchev–Trinajstić information content (AvgIpc) is 2.48. The molecule has 12 heavy (non-hydrogen) atoms. The number of halogens is 1. The number of nitrogens with zero attached hydrogens (tertiary/aromatic N) is 2. The van der Waals surface area contributed by atoms with Crippen molar-refractivity contribution in [1.29, 1.82) is 0 Å². The summed E-state index contributed by atoms with van der Waals surface area (Å²) in [5, 5.41) is 4.17. The molecule has 0 aliphatic heterocycles. The van der Waals surface area contributed by atoms with Gasteiger partial charge in [-0.25, -0.2) is 4.68 Å². The van der Waals surface area contributed by atoms with Crippen LogP contribution in [0.5, 0.6) is 0 Å². The summed E-state index contributed by atoms with van der Waals surface area (Å²) in [6, 6.07) is 1.76. The Balaban J connectivity index is 3.05. The van der Waals surface area contributed by atoms with Crippen molar-refractivity contribution in [3.05, 3.63) is 27.6 Å². The summed E-state index contributed by atoms with van der Waals surface area (Å²) in [5.41, 5.74) is 1.01. The Morgan fingerprint density at radius 2 is 2.42 bits per heavy atom. The lowest BCUT2D eigenvalue weighted by atomic mass is 10.4. The minimum atomic E-state index is -0.286. The summed E-state index contributed by atoms with van der Waals surface area (Å²) >= 11 is 5.77. The number of aromatic amines is 1. The number of aryl methyl sites for hydroxylation is 1. The van der Waals surface area contributed by atoms with Crippen molar-refractivity contribution in [2.24, 2.45) is 7.05 Å². The van der Waals surface area contributed by atoms with Crippen LogP contribution in [-0.4, -0.2) is 14.8 Å². The molecule has 5 heteroatoms. The smallest absolute Gasteiger partial charge is 0.287 e. The van der Waals surface area contributed by atoms with E-state index in [2.05, 4.69) is 10.1 Å². The maximum absolute atomic E-state index is 11.2. The molecule has 0 saturated carbocycles. The molecule has 0 amide bonds. The van der Waals surface area contributed by atoms with Crippen LogP contribution >= 0.6 is 11.6 Å². The summed E-state index contributed by atoms with van der Waals surface area (Å²) in [4.78, 5) is 14.1. The van der Waals surface area contributed by atoms with Gasteiger partial charge in [0.2, 0.25) is 0 Å². The molecular formula is C7H6ClN3O. The minimum absolute atomic E-state index is 0.188. The first kappa shape index (κ1) is 7.36. The standard InChI is InChI=1S/C7H6ClN3O/c1-11-7(12)5(8)6-4(10-11)2-3-9-6/h2-3,9H,1H3. The van der Waals surface area contributed by atoms with Gasteiger partial charge in [0.1, 0.15) is 10.5 Å². The maximum atomic E-state index is 11.2. The van der Waals surface area contributed by atoms with Crippen LogP contribution in [0, 0.1) is 0 Å². The highest BCUT2D eigenvalue weighted by Gasteiger charge is 2.06. The first-order chi connectivity index (χ1) is 5.70. The fourth-order valence-corrected chi connectivity index (χ4v) is 1.35. The molecule has 0 fully saturated rings. The normalized spacial score (nSPS) is 10.8. The Bertz CT molecular complexity index is 485. The minimum Gasteiger partial charge on any atom is -0.358 e. The molecule has 0 bridgehead atoms. The van der Waals surface area contributed by atoms with Gasteiger partial charge >= 0.3 is 0 Å². The third-order valence-corrected chi connectivity index (χ3v) is 2.03. The van der Waals surface area contributed by atoms with Crippen LogP contribution in [0.25, 0.3) is 11.0 Å². The highest BCUT2D eigenvalue weighted by Crippen LogP contribution is 2.14. The molecule has 1 N–H and O–H groups in total. The molecule has 2 aromatic heterocycles. The summed E-state index contributed by atoms with van der Waals surface area (Å²) in [5.74, 6) is 0. The molecule has 2 rings (SSSR count). The van der Waals surface area contributed by atoms with Crippen molar-refractivity contribution >= 4 is 22.6 Å². The van der Waals surface area contributed by atoms with Crippen molar-refractivity contribution in [1.82, 2.24) is 14.8 Å². The summed E-state index contributed by atoms with van der Waals surface area (Å²) in [6.45, 7) is 0. The van der Waals surface area contributed by atoms with Gasteiger partial charge in [-0.3, -0.25) is 4.79 Å². The molecule has 2 heterocycles. The van der Waals surface area contributed by atoms with Crippen LogP contribution in [0.4, 0.5) is 0 Å². The van der Waals surface area contributed by atoms with Gasteiger partial charge in [-0.15, -0.1) is 0 Å². The van der Waals surface area contributed by atoms with E-state index >= 15 is 0 Å². The van der Waals surface area contributed by atoms with Gasteiger partial charge in [0, 0.05) is 13.2 Å². The predicted octanol–water partition coefficient (Wildman–Crippen LogP) is 0.915. The molecular weight excluding hydrogens is 178 g/mol. The van der Waals surface area contributed by atoms with E-state index in [1.807, 2.05) is 0 Å². The highest BCUT2D eigenvalue weighted by molar-refractivity contribution is 6.34. The number of rotatable bonds is 0. The van der Waals surface area contributed by atoms with E-state index in [4.69, 9.17) is 11.6 Å². The summed E-state index contributed by atoms with van der Waals surface area (Å²) in [6.07, 6.45) is 1.70.